The zero-order valence-electron chi connectivity index (χ0n) is 12.1. The first-order chi connectivity index (χ1) is 9.54. The van der Waals surface area contributed by atoms with Gasteiger partial charge in [0.2, 0.25) is 5.91 Å². The molecule has 1 aromatic rings. The van der Waals surface area contributed by atoms with Crippen molar-refractivity contribution in [1.82, 2.24) is 5.32 Å². The van der Waals surface area contributed by atoms with E-state index < -0.39 is 6.04 Å². The van der Waals surface area contributed by atoms with E-state index in [-0.39, 0.29) is 11.8 Å². The average molecular weight is 272 g/mol. The number of allylic oxidation sites excluding steroid dienone is 1. The largest absolute Gasteiger partial charge is 0.340 e. The molecule has 0 saturated carbocycles. The highest BCUT2D eigenvalue weighted by molar-refractivity contribution is 6.11. The molecule has 2 rings (SSSR count). The second-order valence-electron chi connectivity index (χ2n) is 5.18. The Bertz CT molecular complexity index is 559. The van der Waals surface area contributed by atoms with Gasteiger partial charge in [0.15, 0.2) is 0 Å². The second-order valence-corrected chi connectivity index (χ2v) is 5.18. The van der Waals surface area contributed by atoms with Crippen LogP contribution in [0.1, 0.15) is 37.6 Å². The van der Waals surface area contributed by atoms with Gasteiger partial charge in [-0.2, -0.15) is 0 Å². The van der Waals surface area contributed by atoms with Crippen molar-refractivity contribution in [1.29, 1.82) is 0 Å². The minimum atomic E-state index is -0.458. The summed E-state index contributed by atoms with van der Waals surface area (Å²) in [5.74, 6) is -0.233. The fourth-order valence-electron chi connectivity index (χ4n) is 2.24. The molecule has 0 spiro atoms. The van der Waals surface area contributed by atoms with Crippen LogP contribution in [0.5, 0.6) is 0 Å². The molecule has 0 aliphatic carbocycles. The van der Waals surface area contributed by atoms with Crippen LogP contribution in [0.4, 0.5) is 5.69 Å². The lowest BCUT2D eigenvalue weighted by atomic mass is 10.1. The molecule has 0 aromatic heterocycles. The molecule has 4 heteroatoms. The Hall–Kier alpha value is -2.10. The van der Waals surface area contributed by atoms with E-state index in [2.05, 4.69) is 5.32 Å². The number of rotatable bonds is 3. The van der Waals surface area contributed by atoms with Gasteiger partial charge in [0.1, 0.15) is 6.04 Å². The number of anilines is 1. The first kappa shape index (κ1) is 14.3. The number of benzene rings is 1. The number of para-hydroxylation sites is 1. The summed E-state index contributed by atoms with van der Waals surface area (Å²) in [5, 5.41) is 2.80. The van der Waals surface area contributed by atoms with Gasteiger partial charge in [-0.05, 0) is 32.4 Å². The van der Waals surface area contributed by atoms with Crippen LogP contribution in [-0.2, 0) is 4.79 Å². The van der Waals surface area contributed by atoms with Crippen LogP contribution in [0.2, 0.25) is 0 Å². The fourth-order valence-corrected chi connectivity index (χ4v) is 2.24. The van der Waals surface area contributed by atoms with E-state index in [1.54, 1.807) is 11.0 Å². The molecule has 1 aromatic carbocycles. The van der Waals surface area contributed by atoms with Crippen LogP contribution in [0.3, 0.4) is 0 Å². The summed E-state index contributed by atoms with van der Waals surface area (Å²) in [6, 6.07) is 6.78. The highest BCUT2D eigenvalue weighted by atomic mass is 16.2. The van der Waals surface area contributed by atoms with E-state index in [1.165, 1.54) is 0 Å². The maximum Gasteiger partial charge on any atom is 0.254 e. The SMILES string of the molecule is CCC1NC(=O)c2ccccc2N(CC=C(C)C)C1=O. The molecular weight excluding hydrogens is 252 g/mol. The van der Waals surface area contributed by atoms with Gasteiger partial charge in [-0.3, -0.25) is 9.59 Å². The predicted octanol–water partition coefficient (Wildman–Crippen LogP) is 2.51. The summed E-state index contributed by atoms with van der Waals surface area (Å²) >= 11 is 0. The van der Waals surface area contributed by atoms with E-state index >= 15 is 0 Å². The fraction of sp³-hybridized carbons (Fsp3) is 0.375. The van der Waals surface area contributed by atoms with Crippen molar-refractivity contribution in [3.05, 3.63) is 41.5 Å². The zero-order chi connectivity index (χ0) is 14.7. The second kappa shape index (κ2) is 5.90. The lowest BCUT2D eigenvalue weighted by molar-refractivity contribution is -0.120. The van der Waals surface area contributed by atoms with Gasteiger partial charge in [0.25, 0.3) is 5.91 Å². The summed E-state index contributed by atoms with van der Waals surface area (Å²) < 4.78 is 0. The molecule has 0 saturated heterocycles. The van der Waals surface area contributed by atoms with Gasteiger partial charge in [0, 0.05) is 6.54 Å². The molecule has 0 bridgehead atoms. The van der Waals surface area contributed by atoms with Gasteiger partial charge in [-0.25, -0.2) is 0 Å². The smallest absolute Gasteiger partial charge is 0.254 e. The minimum absolute atomic E-state index is 0.0525. The van der Waals surface area contributed by atoms with Crippen LogP contribution in [0.15, 0.2) is 35.9 Å². The van der Waals surface area contributed by atoms with Crippen molar-refractivity contribution in [2.45, 2.75) is 33.2 Å². The Morgan fingerprint density at radius 1 is 1.30 bits per heavy atom. The Balaban J connectivity index is 2.48. The van der Waals surface area contributed by atoms with Crippen LogP contribution < -0.4 is 10.2 Å². The third-order valence-corrected chi connectivity index (χ3v) is 3.40. The molecule has 1 aliphatic heterocycles. The van der Waals surface area contributed by atoms with Crippen molar-refractivity contribution in [2.24, 2.45) is 0 Å². The molecular formula is C16H20N2O2. The number of hydrogen-bond acceptors (Lipinski definition) is 2. The summed E-state index contributed by atoms with van der Waals surface area (Å²) in [4.78, 5) is 26.5. The van der Waals surface area contributed by atoms with Crippen LogP contribution in [-0.4, -0.2) is 24.4 Å². The van der Waals surface area contributed by atoms with Crippen molar-refractivity contribution >= 4 is 17.5 Å². The topological polar surface area (TPSA) is 49.4 Å². The number of carbonyl (C=O) groups excluding carboxylic acids is 2. The van der Waals surface area contributed by atoms with Crippen molar-refractivity contribution in [2.75, 3.05) is 11.4 Å². The monoisotopic (exact) mass is 272 g/mol. The van der Waals surface area contributed by atoms with E-state index in [9.17, 15) is 9.59 Å². The molecule has 1 heterocycles. The first-order valence-electron chi connectivity index (χ1n) is 6.89. The molecule has 0 radical (unpaired) electrons. The molecule has 2 amide bonds. The Morgan fingerprint density at radius 3 is 2.65 bits per heavy atom. The van der Waals surface area contributed by atoms with Crippen molar-refractivity contribution < 1.29 is 9.59 Å². The molecule has 0 fully saturated rings. The van der Waals surface area contributed by atoms with E-state index in [0.717, 1.165) is 5.57 Å². The Kier molecular flexibility index (Phi) is 4.23. The summed E-state index contributed by atoms with van der Waals surface area (Å²) in [7, 11) is 0. The van der Waals surface area contributed by atoms with Crippen molar-refractivity contribution in [3.8, 4) is 0 Å². The number of carbonyl (C=O) groups is 2. The number of amides is 2. The summed E-state index contributed by atoms with van der Waals surface area (Å²) in [5.41, 5.74) is 2.38. The van der Waals surface area contributed by atoms with E-state index in [4.69, 9.17) is 0 Å². The molecule has 106 valence electrons. The van der Waals surface area contributed by atoms with Gasteiger partial charge >= 0.3 is 0 Å². The Labute approximate surface area is 119 Å². The van der Waals surface area contributed by atoms with E-state index in [0.29, 0.717) is 24.2 Å². The van der Waals surface area contributed by atoms with Crippen LogP contribution >= 0.6 is 0 Å². The minimum Gasteiger partial charge on any atom is -0.340 e. The highest BCUT2D eigenvalue weighted by Crippen LogP contribution is 2.24. The standard InChI is InChI=1S/C16H20N2O2/c1-4-13-16(20)18(10-9-11(2)3)14-8-6-5-7-12(14)15(19)17-13/h5-9,13H,4,10H2,1-3H3,(H,17,19). The molecule has 1 N–H and O–H groups in total. The van der Waals surface area contributed by atoms with E-state index in [1.807, 2.05) is 45.0 Å². The maximum atomic E-state index is 12.6. The molecule has 1 unspecified atom stereocenters. The number of nitrogens with zero attached hydrogens (tertiary/aromatic N) is 1. The lowest BCUT2D eigenvalue weighted by Crippen LogP contribution is -2.45. The molecule has 1 aliphatic rings. The number of hydrogen-bond donors (Lipinski definition) is 1. The third-order valence-electron chi connectivity index (χ3n) is 3.40. The third kappa shape index (κ3) is 2.74. The molecule has 1 atom stereocenters. The summed E-state index contributed by atoms with van der Waals surface area (Å²) in [6.45, 7) is 6.38. The number of nitrogens with one attached hydrogen (secondary N) is 1. The molecule has 4 nitrogen and oxygen atoms in total. The highest BCUT2D eigenvalue weighted by Gasteiger charge is 2.31. The van der Waals surface area contributed by atoms with Crippen LogP contribution in [0, 0.1) is 0 Å². The maximum absolute atomic E-state index is 12.6. The van der Waals surface area contributed by atoms with Gasteiger partial charge in [-0.1, -0.05) is 30.7 Å². The first-order valence-corrected chi connectivity index (χ1v) is 6.89. The number of fused-ring (bicyclic) bond motifs is 1. The normalized spacial score (nSPS) is 18.1. The quantitative estimate of drug-likeness (QED) is 0.859. The zero-order valence-corrected chi connectivity index (χ0v) is 12.1. The Morgan fingerprint density at radius 2 is 2.00 bits per heavy atom. The lowest BCUT2D eigenvalue weighted by Gasteiger charge is -2.23. The van der Waals surface area contributed by atoms with Crippen LogP contribution in [0.25, 0.3) is 0 Å². The predicted molar refractivity (Wildman–Crippen MR) is 79.8 cm³/mol. The van der Waals surface area contributed by atoms with Gasteiger partial charge < -0.3 is 10.2 Å². The summed E-state index contributed by atoms with van der Waals surface area (Å²) in [6.07, 6.45) is 2.58. The van der Waals surface area contributed by atoms with Gasteiger partial charge in [-0.15, -0.1) is 0 Å². The van der Waals surface area contributed by atoms with Crippen molar-refractivity contribution in [3.63, 3.8) is 0 Å². The van der Waals surface area contributed by atoms with Gasteiger partial charge in [0.05, 0.1) is 11.3 Å². The average Bonchev–Trinajstić information content (AvgIpc) is 2.53. The molecule has 20 heavy (non-hydrogen) atoms.